The van der Waals surface area contributed by atoms with E-state index >= 15 is 0 Å². The highest BCUT2D eigenvalue weighted by Crippen LogP contribution is 2.15. The van der Waals surface area contributed by atoms with Crippen LogP contribution in [0.5, 0.6) is 0 Å². The molecular weight excluding hydrogens is 290 g/mol. The van der Waals surface area contributed by atoms with Gasteiger partial charge in [-0.15, -0.1) is 0 Å². The third-order valence-electron chi connectivity index (χ3n) is 2.83. The lowest BCUT2D eigenvalue weighted by molar-refractivity contribution is -0.125. The molecule has 0 saturated carbocycles. The Morgan fingerprint density at radius 2 is 1.67 bits per heavy atom. The largest absolute Gasteiger partial charge is 0.352 e. The molecule has 0 fully saturated rings. The molecule has 0 aliphatic rings. The van der Waals surface area contributed by atoms with Crippen LogP contribution in [0.25, 0.3) is 0 Å². The maximum Gasteiger partial charge on any atom is 0.239 e. The average molecular weight is 312 g/mol. The number of amides is 2. The predicted molar refractivity (Wildman–Crippen MR) is 84.2 cm³/mol. The van der Waals surface area contributed by atoms with Crippen molar-refractivity contribution in [2.75, 3.05) is 13.1 Å². The molecule has 0 unspecified atom stereocenters. The van der Waals surface area contributed by atoms with Crippen molar-refractivity contribution in [1.29, 1.82) is 0 Å². The highest BCUT2D eigenvalue weighted by molar-refractivity contribution is 6.30. The van der Waals surface area contributed by atoms with E-state index in [2.05, 4.69) is 16.0 Å². The fourth-order valence-corrected chi connectivity index (χ4v) is 1.86. The Kier molecular flexibility index (Phi) is 7.19. The van der Waals surface area contributed by atoms with E-state index < -0.39 is 0 Å². The summed E-state index contributed by atoms with van der Waals surface area (Å²) in [5.41, 5.74) is 1.05. The summed E-state index contributed by atoms with van der Waals surface area (Å²) in [6, 6.07) is 7.54. The maximum absolute atomic E-state index is 11.6. The number of carbonyl (C=O) groups excluding carboxylic acids is 2. The number of hydrogen-bond acceptors (Lipinski definition) is 3. The second-order valence-corrected chi connectivity index (χ2v) is 5.59. The minimum absolute atomic E-state index is 0.00593. The van der Waals surface area contributed by atoms with E-state index in [1.54, 1.807) is 0 Å². The Hall–Kier alpha value is -1.59. The van der Waals surface area contributed by atoms with Crippen LogP contribution in [0.3, 0.4) is 0 Å². The molecule has 0 bridgehead atoms. The van der Waals surface area contributed by atoms with Gasteiger partial charge in [0.1, 0.15) is 0 Å². The van der Waals surface area contributed by atoms with Crippen LogP contribution in [0.4, 0.5) is 0 Å². The second kappa shape index (κ2) is 8.64. The number of carbonyl (C=O) groups is 2. The molecule has 6 heteroatoms. The van der Waals surface area contributed by atoms with Gasteiger partial charge in [0, 0.05) is 17.1 Å². The van der Waals surface area contributed by atoms with Crippen molar-refractivity contribution >= 4 is 23.4 Å². The van der Waals surface area contributed by atoms with E-state index in [0.29, 0.717) is 5.02 Å². The van der Waals surface area contributed by atoms with Crippen molar-refractivity contribution < 1.29 is 9.59 Å². The van der Waals surface area contributed by atoms with Crippen LogP contribution in [-0.4, -0.2) is 30.9 Å². The summed E-state index contributed by atoms with van der Waals surface area (Å²) in [6.45, 7) is 5.85. The number of rotatable bonds is 7. The zero-order chi connectivity index (χ0) is 15.8. The maximum atomic E-state index is 11.6. The summed E-state index contributed by atoms with van der Waals surface area (Å²) in [4.78, 5) is 23.0. The lowest BCUT2D eigenvalue weighted by atomic mass is 10.1. The summed E-state index contributed by atoms with van der Waals surface area (Å²) in [5, 5.41) is 9.05. The molecule has 0 aliphatic heterocycles. The molecular formula is C15H22ClN3O2. The molecule has 1 aromatic rings. The van der Waals surface area contributed by atoms with Gasteiger partial charge in [-0.2, -0.15) is 0 Å². The highest BCUT2D eigenvalue weighted by atomic mass is 35.5. The van der Waals surface area contributed by atoms with E-state index in [-0.39, 0.29) is 37.0 Å². The summed E-state index contributed by atoms with van der Waals surface area (Å²) in [6.07, 6.45) is 0. The number of benzene rings is 1. The first kappa shape index (κ1) is 17.5. The molecule has 3 N–H and O–H groups in total. The van der Waals surface area contributed by atoms with E-state index in [1.807, 2.05) is 45.0 Å². The molecule has 1 atom stereocenters. The molecule has 1 rings (SSSR count). The van der Waals surface area contributed by atoms with Gasteiger partial charge in [0.2, 0.25) is 11.8 Å². The zero-order valence-electron chi connectivity index (χ0n) is 12.6. The Bertz CT molecular complexity index is 474. The zero-order valence-corrected chi connectivity index (χ0v) is 13.3. The standard InChI is InChI=1S/C15H22ClN3O2/c1-10(2)19-15(21)9-18-14(20)8-17-11(3)12-4-6-13(16)7-5-12/h4-7,10-11,17H,8-9H2,1-3H3,(H,18,20)(H,19,21)/t11-/m0/s1. The van der Waals surface area contributed by atoms with Gasteiger partial charge < -0.3 is 16.0 Å². The van der Waals surface area contributed by atoms with Crippen molar-refractivity contribution in [2.24, 2.45) is 0 Å². The highest BCUT2D eigenvalue weighted by Gasteiger charge is 2.09. The van der Waals surface area contributed by atoms with Crippen molar-refractivity contribution in [3.8, 4) is 0 Å². The van der Waals surface area contributed by atoms with Crippen LogP contribution in [0.1, 0.15) is 32.4 Å². The predicted octanol–water partition coefficient (Wildman–Crippen LogP) is 1.63. The van der Waals surface area contributed by atoms with Crippen molar-refractivity contribution in [1.82, 2.24) is 16.0 Å². The third kappa shape index (κ3) is 7.11. The number of halogens is 1. The smallest absolute Gasteiger partial charge is 0.239 e. The molecule has 0 aliphatic carbocycles. The molecule has 0 saturated heterocycles. The van der Waals surface area contributed by atoms with Crippen molar-refractivity contribution in [3.63, 3.8) is 0 Å². The normalized spacial score (nSPS) is 12.0. The SMILES string of the molecule is CC(C)NC(=O)CNC(=O)CN[C@@H](C)c1ccc(Cl)cc1. The number of nitrogens with one attached hydrogen (secondary N) is 3. The van der Waals surface area contributed by atoms with Crippen LogP contribution in [-0.2, 0) is 9.59 Å². The molecule has 0 heterocycles. The van der Waals surface area contributed by atoms with E-state index in [4.69, 9.17) is 11.6 Å². The van der Waals surface area contributed by atoms with Crippen molar-refractivity contribution in [3.05, 3.63) is 34.9 Å². The summed E-state index contributed by atoms with van der Waals surface area (Å²) < 4.78 is 0. The van der Waals surface area contributed by atoms with Gasteiger partial charge in [0.05, 0.1) is 13.1 Å². The van der Waals surface area contributed by atoms with Crippen LogP contribution in [0.15, 0.2) is 24.3 Å². The lowest BCUT2D eigenvalue weighted by Crippen LogP contribution is -2.42. The first-order chi connectivity index (χ1) is 9.88. The van der Waals surface area contributed by atoms with Crippen LogP contribution < -0.4 is 16.0 Å². The third-order valence-corrected chi connectivity index (χ3v) is 3.09. The molecule has 5 nitrogen and oxygen atoms in total. The molecule has 116 valence electrons. The summed E-state index contributed by atoms with van der Waals surface area (Å²) >= 11 is 5.83. The van der Waals surface area contributed by atoms with E-state index in [9.17, 15) is 9.59 Å². The van der Waals surface area contributed by atoms with Gasteiger partial charge in [-0.1, -0.05) is 23.7 Å². The minimum atomic E-state index is -0.213. The van der Waals surface area contributed by atoms with Gasteiger partial charge in [-0.25, -0.2) is 0 Å². The lowest BCUT2D eigenvalue weighted by Gasteiger charge is -2.14. The molecule has 0 spiro atoms. The molecule has 21 heavy (non-hydrogen) atoms. The fraction of sp³-hybridized carbons (Fsp3) is 0.467. The van der Waals surface area contributed by atoms with Crippen molar-refractivity contribution in [2.45, 2.75) is 32.9 Å². The van der Waals surface area contributed by atoms with Gasteiger partial charge in [-0.3, -0.25) is 9.59 Å². The molecule has 0 radical (unpaired) electrons. The quantitative estimate of drug-likeness (QED) is 0.717. The first-order valence-corrected chi connectivity index (χ1v) is 7.31. The van der Waals surface area contributed by atoms with Gasteiger partial charge in [0.25, 0.3) is 0 Å². The molecule has 0 aromatic heterocycles. The molecule has 1 aromatic carbocycles. The van der Waals surface area contributed by atoms with Crippen LogP contribution >= 0.6 is 11.6 Å². The Morgan fingerprint density at radius 1 is 1.05 bits per heavy atom. The fourth-order valence-electron chi connectivity index (χ4n) is 1.73. The van der Waals surface area contributed by atoms with Crippen LogP contribution in [0, 0.1) is 0 Å². The van der Waals surface area contributed by atoms with Crippen LogP contribution in [0.2, 0.25) is 5.02 Å². The molecule has 2 amide bonds. The summed E-state index contributed by atoms with van der Waals surface area (Å²) in [5.74, 6) is -0.404. The minimum Gasteiger partial charge on any atom is -0.352 e. The monoisotopic (exact) mass is 311 g/mol. The Balaban J connectivity index is 2.29. The van der Waals surface area contributed by atoms with E-state index in [1.165, 1.54) is 0 Å². The Labute approximate surface area is 130 Å². The van der Waals surface area contributed by atoms with Gasteiger partial charge in [-0.05, 0) is 38.5 Å². The van der Waals surface area contributed by atoms with Gasteiger partial charge >= 0.3 is 0 Å². The Morgan fingerprint density at radius 3 is 2.24 bits per heavy atom. The first-order valence-electron chi connectivity index (χ1n) is 6.93. The van der Waals surface area contributed by atoms with Gasteiger partial charge in [0.15, 0.2) is 0 Å². The summed E-state index contributed by atoms with van der Waals surface area (Å²) in [7, 11) is 0. The number of hydrogen-bond donors (Lipinski definition) is 3. The second-order valence-electron chi connectivity index (χ2n) is 5.15. The average Bonchev–Trinajstić information content (AvgIpc) is 2.42. The topological polar surface area (TPSA) is 70.2 Å². The van der Waals surface area contributed by atoms with E-state index in [0.717, 1.165) is 5.56 Å².